The fourth-order valence-corrected chi connectivity index (χ4v) is 2.79. The Kier molecular flexibility index (Phi) is 4.42. The molecule has 1 fully saturated rings. The Labute approximate surface area is 114 Å². The van der Waals surface area contributed by atoms with Gasteiger partial charge in [-0.2, -0.15) is 0 Å². The molecule has 1 aliphatic rings. The van der Waals surface area contributed by atoms with Crippen LogP contribution in [0.4, 0.5) is 4.39 Å². The summed E-state index contributed by atoms with van der Waals surface area (Å²) in [5.41, 5.74) is -0.715. The molecule has 1 aliphatic heterocycles. The molecule has 0 spiro atoms. The van der Waals surface area contributed by atoms with Crippen molar-refractivity contribution < 1.29 is 14.2 Å². The first kappa shape index (κ1) is 14.3. The average molecular weight is 267 g/mol. The molecule has 0 aromatic heterocycles. The van der Waals surface area contributed by atoms with Crippen molar-refractivity contribution in [2.24, 2.45) is 0 Å². The normalized spacial score (nSPS) is 25.1. The molecule has 0 amide bonds. The minimum absolute atomic E-state index is 0.197. The van der Waals surface area contributed by atoms with Crippen LogP contribution >= 0.6 is 0 Å². The summed E-state index contributed by atoms with van der Waals surface area (Å²) in [5.74, 6) is -0.236. The zero-order valence-electron chi connectivity index (χ0n) is 11.7. The van der Waals surface area contributed by atoms with E-state index >= 15 is 0 Å². The van der Waals surface area contributed by atoms with E-state index in [1.165, 1.54) is 7.11 Å². The molecular weight excluding hydrogens is 245 g/mol. The number of rotatable bonds is 3. The van der Waals surface area contributed by atoms with Crippen LogP contribution in [-0.4, -0.2) is 36.8 Å². The van der Waals surface area contributed by atoms with Gasteiger partial charge in [0.05, 0.1) is 12.7 Å². The maximum Gasteiger partial charge on any atom is 0.171 e. The minimum atomic E-state index is -1.08. The fraction of sp³-hybridized carbons (Fsp3) is 0.600. The standard InChI is InChI=1S/C15H22FNO2/c1-3-17-10-5-8-15(18,9-11-17)12-6-4-7-13(19-2)14(12)16/h4,6-7,18H,3,5,8-11H2,1-2H3. The SMILES string of the molecule is CCN1CCCC(O)(c2cccc(OC)c2F)CC1. The quantitative estimate of drug-likeness (QED) is 0.913. The van der Waals surface area contributed by atoms with Gasteiger partial charge in [-0.05, 0) is 38.4 Å². The van der Waals surface area contributed by atoms with Crippen LogP contribution in [0.5, 0.6) is 5.75 Å². The van der Waals surface area contributed by atoms with Crippen LogP contribution < -0.4 is 4.74 Å². The van der Waals surface area contributed by atoms with Crippen molar-refractivity contribution >= 4 is 0 Å². The average Bonchev–Trinajstić information content (AvgIpc) is 2.61. The minimum Gasteiger partial charge on any atom is -0.494 e. The number of nitrogens with zero attached hydrogens (tertiary/aromatic N) is 1. The molecule has 1 aromatic rings. The van der Waals surface area contributed by atoms with E-state index in [4.69, 9.17) is 4.74 Å². The van der Waals surface area contributed by atoms with E-state index in [0.29, 0.717) is 18.4 Å². The second-order valence-electron chi connectivity index (χ2n) is 5.14. The molecule has 3 nitrogen and oxygen atoms in total. The van der Waals surface area contributed by atoms with Crippen molar-refractivity contribution in [3.05, 3.63) is 29.6 Å². The van der Waals surface area contributed by atoms with Crippen LogP contribution in [-0.2, 0) is 5.60 Å². The maximum atomic E-state index is 14.3. The van der Waals surface area contributed by atoms with Gasteiger partial charge < -0.3 is 14.7 Å². The van der Waals surface area contributed by atoms with Gasteiger partial charge in [-0.1, -0.05) is 19.1 Å². The Bertz CT molecular complexity index is 438. The predicted molar refractivity (Wildman–Crippen MR) is 72.8 cm³/mol. The zero-order valence-corrected chi connectivity index (χ0v) is 11.7. The molecule has 1 aromatic carbocycles. The highest BCUT2D eigenvalue weighted by Crippen LogP contribution is 2.36. The summed E-state index contributed by atoms with van der Waals surface area (Å²) in [6.45, 7) is 4.83. The first-order valence-electron chi connectivity index (χ1n) is 6.88. The third-order valence-electron chi connectivity index (χ3n) is 4.04. The number of ether oxygens (including phenoxy) is 1. The molecule has 1 atom stereocenters. The number of hydrogen-bond donors (Lipinski definition) is 1. The Morgan fingerprint density at radius 1 is 1.37 bits per heavy atom. The molecule has 1 saturated heterocycles. The van der Waals surface area contributed by atoms with Gasteiger partial charge in [-0.3, -0.25) is 0 Å². The molecule has 0 aliphatic carbocycles. The number of halogens is 1. The Balaban J connectivity index is 2.29. The second-order valence-corrected chi connectivity index (χ2v) is 5.14. The molecule has 1 heterocycles. The van der Waals surface area contributed by atoms with E-state index in [2.05, 4.69) is 11.8 Å². The summed E-state index contributed by atoms with van der Waals surface area (Å²) in [6, 6.07) is 4.98. The summed E-state index contributed by atoms with van der Waals surface area (Å²) < 4.78 is 19.3. The molecule has 19 heavy (non-hydrogen) atoms. The van der Waals surface area contributed by atoms with E-state index in [0.717, 1.165) is 26.1 Å². The first-order valence-corrected chi connectivity index (χ1v) is 6.88. The zero-order chi connectivity index (χ0) is 13.9. The molecule has 0 bridgehead atoms. The fourth-order valence-electron chi connectivity index (χ4n) is 2.79. The number of aliphatic hydroxyl groups is 1. The molecule has 1 unspecified atom stereocenters. The number of methoxy groups -OCH3 is 1. The monoisotopic (exact) mass is 267 g/mol. The van der Waals surface area contributed by atoms with E-state index in [1.807, 2.05) is 0 Å². The van der Waals surface area contributed by atoms with Gasteiger partial charge in [0.2, 0.25) is 0 Å². The lowest BCUT2D eigenvalue weighted by Crippen LogP contribution is -2.30. The van der Waals surface area contributed by atoms with Crippen LogP contribution in [0.15, 0.2) is 18.2 Å². The van der Waals surface area contributed by atoms with Gasteiger partial charge in [0.15, 0.2) is 11.6 Å². The molecule has 2 rings (SSSR count). The topological polar surface area (TPSA) is 32.7 Å². The maximum absolute atomic E-state index is 14.3. The predicted octanol–water partition coefficient (Wildman–Crippen LogP) is 2.53. The lowest BCUT2D eigenvalue weighted by atomic mass is 9.86. The molecule has 1 N–H and O–H groups in total. The van der Waals surface area contributed by atoms with Gasteiger partial charge in [0, 0.05) is 12.1 Å². The van der Waals surface area contributed by atoms with Crippen molar-refractivity contribution in [1.82, 2.24) is 4.90 Å². The lowest BCUT2D eigenvalue weighted by molar-refractivity contribution is 0.0175. The first-order chi connectivity index (χ1) is 9.10. The van der Waals surface area contributed by atoms with Crippen molar-refractivity contribution in [1.29, 1.82) is 0 Å². The van der Waals surface area contributed by atoms with E-state index in [-0.39, 0.29) is 5.75 Å². The summed E-state index contributed by atoms with van der Waals surface area (Å²) in [4.78, 5) is 2.29. The summed E-state index contributed by atoms with van der Waals surface area (Å²) in [7, 11) is 1.44. The summed E-state index contributed by atoms with van der Waals surface area (Å²) in [5, 5.41) is 10.8. The van der Waals surface area contributed by atoms with Gasteiger partial charge in [0.1, 0.15) is 0 Å². The van der Waals surface area contributed by atoms with Gasteiger partial charge in [-0.25, -0.2) is 4.39 Å². The molecule has 0 saturated carbocycles. The Morgan fingerprint density at radius 2 is 2.16 bits per heavy atom. The van der Waals surface area contributed by atoms with Gasteiger partial charge in [0.25, 0.3) is 0 Å². The molecule has 106 valence electrons. The summed E-state index contributed by atoms with van der Waals surface area (Å²) in [6.07, 6.45) is 2.03. The Morgan fingerprint density at radius 3 is 2.84 bits per heavy atom. The number of benzene rings is 1. The highest BCUT2D eigenvalue weighted by molar-refractivity contribution is 5.34. The van der Waals surface area contributed by atoms with Crippen LogP contribution in [0.25, 0.3) is 0 Å². The Hall–Kier alpha value is -1.13. The van der Waals surface area contributed by atoms with E-state index in [9.17, 15) is 9.50 Å². The highest BCUT2D eigenvalue weighted by atomic mass is 19.1. The highest BCUT2D eigenvalue weighted by Gasteiger charge is 2.34. The molecule has 0 radical (unpaired) electrons. The third kappa shape index (κ3) is 2.90. The van der Waals surface area contributed by atoms with Gasteiger partial charge in [-0.15, -0.1) is 0 Å². The molecule has 4 heteroatoms. The van der Waals surface area contributed by atoms with Crippen molar-refractivity contribution in [3.8, 4) is 5.75 Å². The van der Waals surface area contributed by atoms with Crippen molar-refractivity contribution in [2.75, 3.05) is 26.7 Å². The van der Waals surface area contributed by atoms with Crippen LogP contribution in [0.3, 0.4) is 0 Å². The van der Waals surface area contributed by atoms with E-state index in [1.54, 1.807) is 18.2 Å². The number of hydrogen-bond acceptors (Lipinski definition) is 3. The van der Waals surface area contributed by atoms with Crippen LogP contribution in [0, 0.1) is 5.82 Å². The van der Waals surface area contributed by atoms with Gasteiger partial charge >= 0.3 is 0 Å². The molecular formula is C15H22FNO2. The van der Waals surface area contributed by atoms with Crippen LogP contribution in [0.2, 0.25) is 0 Å². The van der Waals surface area contributed by atoms with Crippen molar-refractivity contribution in [2.45, 2.75) is 31.8 Å². The van der Waals surface area contributed by atoms with E-state index < -0.39 is 11.4 Å². The second kappa shape index (κ2) is 5.88. The lowest BCUT2D eigenvalue weighted by Gasteiger charge is -2.28. The smallest absolute Gasteiger partial charge is 0.171 e. The van der Waals surface area contributed by atoms with Crippen LogP contribution in [0.1, 0.15) is 31.7 Å². The largest absolute Gasteiger partial charge is 0.494 e. The number of likely N-dealkylation sites (tertiary alicyclic amines) is 1. The third-order valence-corrected chi connectivity index (χ3v) is 4.04. The van der Waals surface area contributed by atoms with Crippen molar-refractivity contribution in [3.63, 3.8) is 0 Å². The summed E-state index contributed by atoms with van der Waals surface area (Å²) >= 11 is 0.